The second kappa shape index (κ2) is 6.55. The van der Waals surface area contributed by atoms with E-state index in [0.29, 0.717) is 25.0 Å². The van der Waals surface area contributed by atoms with Crippen LogP contribution in [-0.2, 0) is 9.53 Å². The SMILES string of the molecule is CN(C(N)=NCC1CCC(C(N)=O)O1)C1CC1.I. The summed E-state index contributed by atoms with van der Waals surface area (Å²) < 4.78 is 5.47. The third-order valence-corrected chi connectivity index (χ3v) is 3.34. The van der Waals surface area contributed by atoms with Crippen LogP contribution in [0.1, 0.15) is 25.7 Å². The number of guanidine groups is 1. The smallest absolute Gasteiger partial charge is 0.246 e. The van der Waals surface area contributed by atoms with Crippen LogP contribution in [0.2, 0.25) is 0 Å². The average Bonchev–Trinajstić information content (AvgIpc) is 3.03. The molecule has 6 nitrogen and oxygen atoms in total. The van der Waals surface area contributed by atoms with Crippen LogP contribution in [0.15, 0.2) is 4.99 Å². The standard InChI is InChI=1S/C11H20N4O2.HI/c1-15(7-2-3-7)11(13)14-6-8-4-5-9(17-8)10(12)16;/h7-9H,2-6H2,1H3,(H2,12,16)(H2,13,14);1H. The molecule has 1 heterocycles. The van der Waals surface area contributed by atoms with Crippen molar-refractivity contribution in [2.24, 2.45) is 16.5 Å². The Morgan fingerprint density at radius 1 is 1.33 bits per heavy atom. The third-order valence-electron chi connectivity index (χ3n) is 3.34. The van der Waals surface area contributed by atoms with Crippen LogP contribution in [0.5, 0.6) is 0 Å². The van der Waals surface area contributed by atoms with Crippen molar-refractivity contribution in [3.63, 3.8) is 0 Å². The first kappa shape index (κ1) is 15.5. The highest BCUT2D eigenvalue weighted by atomic mass is 127. The van der Waals surface area contributed by atoms with E-state index in [1.54, 1.807) is 0 Å². The van der Waals surface area contributed by atoms with Crippen molar-refractivity contribution in [3.8, 4) is 0 Å². The summed E-state index contributed by atoms with van der Waals surface area (Å²) >= 11 is 0. The topological polar surface area (TPSA) is 93.9 Å². The summed E-state index contributed by atoms with van der Waals surface area (Å²) in [6.07, 6.45) is 3.41. The van der Waals surface area contributed by atoms with Gasteiger partial charge < -0.3 is 21.1 Å². The molecule has 1 amide bonds. The van der Waals surface area contributed by atoms with Gasteiger partial charge in [-0.15, -0.1) is 24.0 Å². The summed E-state index contributed by atoms with van der Waals surface area (Å²) in [5.74, 6) is 0.165. The molecule has 2 unspecified atom stereocenters. The molecule has 1 aliphatic heterocycles. The lowest BCUT2D eigenvalue weighted by Gasteiger charge is -2.17. The number of halogens is 1. The number of ether oxygens (including phenoxy) is 1. The molecule has 2 rings (SSSR count). The van der Waals surface area contributed by atoms with Crippen LogP contribution in [-0.4, -0.2) is 48.6 Å². The fourth-order valence-corrected chi connectivity index (χ4v) is 2.01. The monoisotopic (exact) mass is 368 g/mol. The van der Waals surface area contributed by atoms with Gasteiger partial charge in [-0.1, -0.05) is 0 Å². The van der Waals surface area contributed by atoms with Gasteiger partial charge in [-0.3, -0.25) is 9.79 Å². The number of carbonyl (C=O) groups excluding carboxylic acids is 1. The Balaban J connectivity index is 0.00000162. The van der Waals surface area contributed by atoms with Gasteiger partial charge >= 0.3 is 0 Å². The van der Waals surface area contributed by atoms with E-state index in [1.807, 2.05) is 11.9 Å². The molecule has 1 aliphatic carbocycles. The zero-order chi connectivity index (χ0) is 12.4. The van der Waals surface area contributed by atoms with Crippen molar-refractivity contribution in [1.29, 1.82) is 0 Å². The number of hydrogen-bond donors (Lipinski definition) is 2. The zero-order valence-electron chi connectivity index (χ0n) is 10.5. The van der Waals surface area contributed by atoms with Crippen molar-refractivity contribution in [3.05, 3.63) is 0 Å². The van der Waals surface area contributed by atoms with E-state index in [-0.39, 0.29) is 36.0 Å². The second-order valence-electron chi connectivity index (χ2n) is 4.77. The minimum absolute atomic E-state index is 0. The third kappa shape index (κ3) is 3.98. The van der Waals surface area contributed by atoms with Crippen molar-refractivity contribution >= 4 is 35.8 Å². The fourth-order valence-electron chi connectivity index (χ4n) is 2.01. The molecule has 1 saturated carbocycles. The summed E-state index contributed by atoms with van der Waals surface area (Å²) in [4.78, 5) is 17.2. The second-order valence-corrected chi connectivity index (χ2v) is 4.77. The molecule has 4 N–H and O–H groups in total. The highest BCUT2D eigenvalue weighted by molar-refractivity contribution is 14.0. The fraction of sp³-hybridized carbons (Fsp3) is 0.818. The summed E-state index contributed by atoms with van der Waals surface area (Å²) in [5, 5.41) is 0. The molecular weight excluding hydrogens is 347 g/mol. The Hall–Kier alpha value is -0.570. The Labute approximate surface area is 124 Å². The normalized spacial score (nSPS) is 27.7. The molecule has 2 aliphatic rings. The maximum Gasteiger partial charge on any atom is 0.246 e. The quantitative estimate of drug-likeness (QED) is 0.417. The number of amides is 1. The molecule has 2 fully saturated rings. The average molecular weight is 368 g/mol. The maximum absolute atomic E-state index is 10.9. The van der Waals surface area contributed by atoms with Crippen molar-refractivity contribution in [1.82, 2.24) is 4.90 Å². The van der Waals surface area contributed by atoms with Gasteiger partial charge in [0.15, 0.2) is 5.96 Å². The van der Waals surface area contributed by atoms with E-state index in [0.717, 1.165) is 6.42 Å². The molecule has 18 heavy (non-hydrogen) atoms. The van der Waals surface area contributed by atoms with Crippen LogP contribution in [0.25, 0.3) is 0 Å². The summed E-state index contributed by atoms with van der Waals surface area (Å²) in [5.41, 5.74) is 11.0. The van der Waals surface area contributed by atoms with Crippen LogP contribution in [0.4, 0.5) is 0 Å². The van der Waals surface area contributed by atoms with Crippen LogP contribution in [0.3, 0.4) is 0 Å². The molecular formula is C11H21IN4O2. The lowest BCUT2D eigenvalue weighted by atomic mass is 10.2. The van der Waals surface area contributed by atoms with Crippen LogP contribution in [0, 0.1) is 0 Å². The van der Waals surface area contributed by atoms with E-state index in [2.05, 4.69) is 4.99 Å². The molecule has 2 atom stereocenters. The molecule has 0 aromatic heterocycles. The van der Waals surface area contributed by atoms with Crippen molar-refractivity contribution in [2.75, 3.05) is 13.6 Å². The zero-order valence-corrected chi connectivity index (χ0v) is 12.9. The number of carbonyl (C=O) groups is 1. The predicted octanol–water partition coefficient (Wildman–Crippen LogP) is 0.0462. The van der Waals surface area contributed by atoms with Gasteiger partial charge in [-0.2, -0.15) is 0 Å². The van der Waals surface area contributed by atoms with E-state index in [4.69, 9.17) is 16.2 Å². The van der Waals surface area contributed by atoms with E-state index in [1.165, 1.54) is 12.8 Å². The molecule has 1 saturated heterocycles. The first-order valence-electron chi connectivity index (χ1n) is 6.05. The van der Waals surface area contributed by atoms with Gasteiger partial charge in [0.1, 0.15) is 6.10 Å². The van der Waals surface area contributed by atoms with Gasteiger partial charge in [0, 0.05) is 13.1 Å². The number of nitrogens with zero attached hydrogens (tertiary/aromatic N) is 2. The summed E-state index contributed by atoms with van der Waals surface area (Å²) in [7, 11) is 1.96. The van der Waals surface area contributed by atoms with Crippen molar-refractivity contribution in [2.45, 2.75) is 43.9 Å². The van der Waals surface area contributed by atoms with Crippen LogP contribution >= 0.6 is 24.0 Å². The predicted molar refractivity (Wildman–Crippen MR) is 79.8 cm³/mol. The van der Waals surface area contributed by atoms with Gasteiger partial charge in [-0.25, -0.2) is 0 Å². The molecule has 0 aromatic carbocycles. The number of hydrogen-bond acceptors (Lipinski definition) is 3. The molecule has 7 heteroatoms. The first-order valence-corrected chi connectivity index (χ1v) is 6.05. The van der Waals surface area contributed by atoms with Crippen LogP contribution < -0.4 is 11.5 Å². The number of primary amides is 1. The van der Waals surface area contributed by atoms with E-state index in [9.17, 15) is 4.79 Å². The number of aliphatic imine (C=N–C) groups is 1. The van der Waals surface area contributed by atoms with Gasteiger partial charge in [-0.05, 0) is 25.7 Å². The Bertz CT molecular complexity index is 333. The molecule has 0 radical (unpaired) electrons. The van der Waals surface area contributed by atoms with Gasteiger partial charge in [0.2, 0.25) is 5.91 Å². The lowest BCUT2D eigenvalue weighted by Crippen LogP contribution is -2.36. The molecule has 0 aromatic rings. The first-order chi connectivity index (χ1) is 8.08. The highest BCUT2D eigenvalue weighted by Crippen LogP contribution is 2.25. The van der Waals surface area contributed by atoms with Gasteiger partial charge in [0.25, 0.3) is 0 Å². The number of nitrogens with two attached hydrogens (primary N) is 2. The Morgan fingerprint density at radius 3 is 2.50 bits per heavy atom. The minimum atomic E-state index is -0.447. The summed E-state index contributed by atoms with van der Waals surface area (Å²) in [6.45, 7) is 0.507. The largest absolute Gasteiger partial charge is 0.370 e. The highest BCUT2D eigenvalue weighted by Gasteiger charge is 2.30. The molecule has 0 spiro atoms. The molecule has 0 bridgehead atoms. The maximum atomic E-state index is 10.9. The molecule has 104 valence electrons. The number of rotatable bonds is 4. The van der Waals surface area contributed by atoms with Gasteiger partial charge in [0.05, 0.1) is 12.6 Å². The summed E-state index contributed by atoms with van der Waals surface area (Å²) in [6, 6.07) is 0.557. The lowest BCUT2D eigenvalue weighted by molar-refractivity contribution is -0.128. The van der Waals surface area contributed by atoms with E-state index >= 15 is 0 Å². The Kier molecular flexibility index (Phi) is 5.64. The Morgan fingerprint density at radius 2 is 2.00 bits per heavy atom. The van der Waals surface area contributed by atoms with E-state index < -0.39 is 6.10 Å². The minimum Gasteiger partial charge on any atom is -0.370 e. The van der Waals surface area contributed by atoms with Crippen molar-refractivity contribution < 1.29 is 9.53 Å².